The number of halogens is 1. The van der Waals surface area contributed by atoms with E-state index in [0.717, 1.165) is 96.0 Å². The number of amides is 4. The molecule has 4 heterocycles. The van der Waals surface area contributed by atoms with Crippen LogP contribution in [0.5, 0.6) is 0 Å². The van der Waals surface area contributed by atoms with E-state index in [4.69, 9.17) is 14.5 Å². The Hall–Kier alpha value is -5.15. The molecule has 57 heavy (non-hydrogen) atoms. The molecule has 4 fully saturated rings. The van der Waals surface area contributed by atoms with Crippen LogP contribution in [0, 0.1) is 11.8 Å². The number of likely N-dealkylation sites (tertiary alicyclic amines) is 1. The summed E-state index contributed by atoms with van der Waals surface area (Å²) in [7, 11) is 0.939. The number of imidazole rings is 2. The number of aromatic amines is 3. The maximum absolute atomic E-state index is 13.9. The van der Waals surface area contributed by atoms with Crippen LogP contribution in [0.2, 0.25) is 19.1 Å². The van der Waals surface area contributed by atoms with Crippen LogP contribution in [-0.4, -0.2) is 95.8 Å². The van der Waals surface area contributed by atoms with Gasteiger partial charge < -0.3 is 47.3 Å². The lowest BCUT2D eigenvalue weighted by atomic mass is 10.0. The van der Waals surface area contributed by atoms with Crippen LogP contribution in [0.4, 0.5) is 9.59 Å². The summed E-state index contributed by atoms with van der Waals surface area (Å²) in [5, 5.41) is 5.57. The molecule has 2 saturated carbocycles. The van der Waals surface area contributed by atoms with Gasteiger partial charge in [-0.15, -0.1) is 0 Å². The number of hydrogen-bond acceptors (Lipinski definition) is 7. The van der Waals surface area contributed by atoms with Gasteiger partial charge in [-0.3, -0.25) is 9.59 Å². The van der Waals surface area contributed by atoms with Gasteiger partial charge in [-0.05, 0) is 85.2 Å². The van der Waals surface area contributed by atoms with E-state index in [1.54, 1.807) is 0 Å². The lowest BCUT2D eigenvalue weighted by molar-refractivity contribution is -0.393. The normalized spacial score (nSPS) is 21.0. The number of alkyl carbamates (subject to hydrolysis) is 2. The first-order valence-electron chi connectivity index (χ1n) is 19.7. The molecule has 8 rings (SSSR count). The Balaban J connectivity index is 0.00000496. The summed E-state index contributed by atoms with van der Waals surface area (Å²) < 4.78 is 9.62. The van der Waals surface area contributed by atoms with Gasteiger partial charge >= 0.3 is 12.2 Å². The third-order valence-corrected chi connectivity index (χ3v) is 14.5. The van der Waals surface area contributed by atoms with Crippen LogP contribution in [0.15, 0.2) is 60.9 Å². The molecule has 2 saturated heterocycles. The fourth-order valence-electron chi connectivity index (χ4n) is 8.46. The van der Waals surface area contributed by atoms with Gasteiger partial charge in [0.1, 0.15) is 30.1 Å². The van der Waals surface area contributed by atoms with Crippen molar-refractivity contribution in [1.29, 1.82) is 0 Å². The third-order valence-electron chi connectivity index (χ3n) is 11.8. The van der Waals surface area contributed by atoms with Crippen LogP contribution < -0.4 is 28.0 Å². The average Bonchev–Trinajstić information content (AvgIpc) is 4.00. The van der Waals surface area contributed by atoms with Crippen molar-refractivity contribution >= 4 is 32.1 Å². The molecule has 5 N–H and O–H groups in total. The molecule has 302 valence electrons. The zero-order chi connectivity index (χ0) is 39.1. The van der Waals surface area contributed by atoms with Crippen molar-refractivity contribution in [2.75, 3.05) is 26.9 Å². The highest BCUT2D eigenvalue weighted by Gasteiger charge is 2.50. The Kier molecular flexibility index (Phi) is 11.5. The van der Waals surface area contributed by atoms with Crippen molar-refractivity contribution in [3.8, 4) is 33.6 Å². The van der Waals surface area contributed by atoms with Crippen molar-refractivity contribution in [2.45, 2.75) is 81.8 Å². The number of carbonyl (C=O) groups is 4. The van der Waals surface area contributed by atoms with Gasteiger partial charge in [0.2, 0.25) is 11.8 Å². The quantitative estimate of drug-likeness (QED) is 0.168. The first-order valence-corrected chi connectivity index (χ1v) is 23.1. The van der Waals surface area contributed by atoms with Crippen LogP contribution in [0.25, 0.3) is 33.6 Å². The van der Waals surface area contributed by atoms with Crippen LogP contribution in [0.3, 0.4) is 0 Å². The maximum atomic E-state index is 13.9. The first kappa shape index (κ1) is 40.1. The van der Waals surface area contributed by atoms with Crippen LogP contribution in [-0.2, 0) is 19.1 Å². The third kappa shape index (κ3) is 8.59. The Morgan fingerprint density at radius 1 is 0.754 bits per heavy atom. The molecule has 0 spiro atoms. The van der Waals surface area contributed by atoms with Crippen molar-refractivity contribution in [3.05, 3.63) is 72.6 Å². The van der Waals surface area contributed by atoms with Gasteiger partial charge in [-0.25, -0.2) is 24.5 Å². The first-order chi connectivity index (χ1) is 27.0. The number of rotatable bonds is 11. The topological polar surface area (TPSA) is 176 Å². The molecule has 0 bridgehead atoms. The molecule has 14 nitrogen and oxygen atoms in total. The summed E-state index contributed by atoms with van der Waals surface area (Å²) in [6.07, 6.45) is 8.73. The summed E-state index contributed by atoms with van der Waals surface area (Å²) in [5.41, 5.74) is 5.99. The monoisotopic (exact) mass is 814 g/mol. The number of nitrogens with one attached hydrogen (secondary N) is 5. The van der Waals surface area contributed by atoms with E-state index in [-0.39, 0.29) is 48.1 Å². The highest BCUT2D eigenvalue weighted by molar-refractivity contribution is 6.78. The van der Waals surface area contributed by atoms with Gasteiger partial charge in [-0.1, -0.05) is 49.5 Å². The molecule has 0 unspecified atom stereocenters. The summed E-state index contributed by atoms with van der Waals surface area (Å²) in [6, 6.07) is 16.2. The molecule has 2 aliphatic carbocycles. The highest BCUT2D eigenvalue weighted by Crippen LogP contribution is 2.41. The minimum Gasteiger partial charge on any atom is -1.00 e. The van der Waals surface area contributed by atoms with Crippen LogP contribution >= 0.6 is 0 Å². The molecule has 4 aliphatic rings. The molecular formula is C41H51ClN8O6Si. The standard InChI is InChI=1S/C41H50N8O6Si.ClH/c1-54-40(52)46-34(28-15-16-28)38(50)48-19-5-6-32(48)36-42-20-30(44-36)26-11-7-24(8-12-26)25-9-13-27(14-10-25)31-21-43-37(45-31)33-22-56(3,4)23-49(33)39(51)35(29-17-18-29)47-41(53)55-2;/h7-14,20-21,28-29,32-35H,5-6,15-19,22-23H2,1-4H3,(H,42,44)(H,43,45)(H,46,52)(H,47,53);1H/t32-,33-,34+,35+;/m1./s1. The summed E-state index contributed by atoms with van der Waals surface area (Å²) >= 11 is 0. The lowest BCUT2D eigenvalue weighted by Gasteiger charge is -2.28. The zero-order valence-corrected chi connectivity index (χ0v) is 34.5. The van der Waals surface area contributed by atoms with E-state index in [0.29, 0.717) is 6.54 Å². The average molecular weight is 815 g/mol. The maximum Gasteiger partial charge on any atom is 0.407 e. The molecule has 16 heteroatoms. The highest BCUT2D eigenvalue weighted by atomic mass is 35.5. The second-order valence-corrected chi connectivity index (χ2v) is 21.6. The van der Waals surface area contributed by atoms with Crippen LogP contribution in [0.1, 0.15) is 62.3 Å². The molecule has 2 aromatic carbocycles. The lowest BCUT2D eigenvalue weighted by Crippen LogP contribution is -3.00. The second-order valence-electron chi connectivity index (χ2n) is 16.5. The number of nitrogens with zero attached hydrogens (tertiary/aromatic N) is 3. The number of methoxy groups -OCH3 is 2. The minimum absolute atomic E-state index is 0. The second kappa shape index (κ2) is 16.4. The fraction of sp³-hybridized carbons (Fsp3) is 0.463. The molecule has 4 amide bonds. The molecule has 4 atom stereocenters. The molecule has 2 aromatic heterocycles. The van der Waals surface area contributed by atoms with Gasteiger partial charge in [0.15, 0.2) is 5.69 Å². The van der Waals surface area contributed by atoms with Gasteiger partial charge in [0, 0.05) is 18.3 Å². The van der Waals surface area contributed by atoms with E-state index < -0.39 is 32.3 Å². The van der Waals surface area contributed by atoms with E-state index >= 15 is 0 Å². The Bertz CT molecular complexity index is 2100. The number of aromatic nitrogens is 4. The predicted octanol–water partition coefficient (Wildman–Crippen LogP) is 2.62. The van der Waals surface area contributed by atoms with E-state index in [9.17, 15) is 19.2 Å². The Labute approximate surface area is 339 Å². The largest absolute Gasteiger partial charge is 1.00 e. The van der Waals surface area contributed by atoms with Crippen molar-refractivity contribution in [3.63, 3.8) is 0 Å². The van der Waals surface area contributed by atoms with Crippen molar-refractivity contribution in [1.82, 2.24) is 35.4 Å². The van der Waals surface area contributed by atoms with Gasteiger partial charge in [0.05, 0.1) is 40.2 Å². The number of carbonyl (C=O) groups excluding carboxylic acids is 4. The Morgan fingerprint density at radius 2 is 1.28 bits per heavy atom. The van der Waals surface area contributed by atoms with E-state index in [1.807, 2.05) is 22.2 Å². The van der Waals surface area contributed by atoms with E-state index in [1.165, 1.54) is 14.2 Å². The molecular weight excluding hydrogens is 764 g/mol. The smallest absolute Gasteiger partial charge is 0.407 e. The minimum atomic E-state index is -1.70. The fourth-order valence-corrected chi connectivity index (χ4v) is 11.4. The zero-order valence-electron chi connectivity index (χ0n) is 32.8. The van der Waals surface area contributed by atoms with Gasteiger partial charge in [-0.2, -0.15) is 0 Å². The SMILES string of the molecule is COC(=O)N[C@H](C(=O)N1CCC[C@@H]1c1ncc(-c2ccc(-c3ccc(-c4c[nH+]c([C@H]5C[Si](C)(C)CN5C(=O)[C@@H](NC(=O)OC)C5CC5)[nH]4)cc3)cc2)[nH]1)C1CC1.[Cl-]. The molecule has 2 aliphatic heterocycles. The summed E-state index contributed by atoms with van der Waals surface area (Å²) in [4.78, 5) is 70.5. The molecule has 0 radical (unpaired) electrons. The Morgan fingerprint density at radius 3 is 1.82 bits per heavy atom. The number of hydrogen-bond donors (Lipinski definition) is 4. The predicted molar refractivity (Wildman–Crippen MR) is 210 cm³/mol. The number of ether oxygens (including phenoxy) is 2. The summed E-state index contributed by atoms with van der Waals surface area (Å²) in [5.74, 6) is 1.84. The molecule has 4 aromatic rings. The number of benzene rings is 2. The van der Waals surface area contributed by atoms with Crippen molar-refractivity contribution < 1.29 is 46.0 Å². The van der Waals surface area contributed by atoms with Gasteiger partial charge in [0.25, 0.3) is 5.82 Å². The number of H-pyrrole nitrogens is 3. The van der Waals surface area contributed by atoms with Crippen molar-refractivity contribution in [2.24, 2.45) is 11.8 Å². The summed E-state index contributed by atoms with van der Waals surface area (Å²) in [6.45, 7) is 5.24. The van der Waals surface area contributed by atoms with E-state index in [2.05, 4.69) is 87.2 Å².